The van der Waals surface area contributed by atoms with Gasteiger partial charge in [-0.15, -0.1) is 0 Å². The number of likely N-dealkylation sites (N-methyl/N-ethyl adjacent to an activating group) is 1. The third-order valence-corrected chi connectivity index (χ3v) is 3.75. The molecule has 1 aromatic carbocycles. The van der Waals surface area contributed by atoms with Gasteiger partial charge in [-0.25, -0.2) is 0 Å². The van der Waals surface area contributed by atoms with Crippen molar-refractivity contribution in [3.8, 4) is 0 Å². The highest BCUT2D eigenvalue weighted by Gasteiger charge is 2.31. The van der Waals surface area contributed by atoms with Crippen molar-refractivity contribution in [2.45, 2.75) is 32.4 Å². The van der Waals surface area contributed by atoms with Crippen LogP contribution in [0.3, 0.4) is 0 Å². The van der Waals surface area contributed by atoms with E-state index in [4.69, 9.17) is 5.73 Å². The summed E-state index contributed by atoms with van der Waals surface area (Å²) in [4.78, 5) is 14.5. The van der Waals surface area contributed by atoms with Gasteiger partial charge in [0.25, 0.3) is 0 Å². The summed E-state index contributed by atoms with van der Waals surface area (Å²) in [7, 11) is 4.05. The molecule has 112 valence electrons. The van der Waals surface area contributed by atoms with E-state index >= 15 is 0 Å². The Hall–Kier alpha value is -1.39. The molecule has 0 aliphatic carbocycles. The number of nitrogens with one attached hydrogen (secondary N) is 1. The van der Waals surface area contributed by atoms with Gasteiger partial charge in [-0.05, 0) is 32.5 Å². The third-order valence-electron chi connectivity index (χ3n) is 3.75. The highest BCUT2D eigenvalue weighted by atomic mass is 16.2. The van der Waals surface area contributed by atoms with Crippen LogP contribution < -0.4 is 11.1 Å². The largest absolute Gasteiger partial charge is 0.353 e. The van der Waals surface area contributed by atoms with Crippen molar-refractivity contribution in [3.63, 3.8) is 0 Å². The van der Waals surface area contributed by atoms with Gasteiger partial charge in [-0.2, -0.15) is 0 Å². The molecule has 0 aromatic heterocycles. The predicted octanol–water partition coefficient (Wildman–Crippen LogP) is 1.56. The van der Waals surface area contributed by atoms with Gasteiger partial charge in [0.15, 0.2) is 0 Å². The molecule has 0 spiro atoms. The highest BCUT2D eigenvalue weighted by molar-refractivity contribution is 5.87. The topological polar surface area (TPSA) is 58.4 Å². The fraction of sp³-hybridized carbons (Fsp3) is 0.562. The number of amides is 1. The molecular formula is C16H27N3O. The van der Waals surface area contributed by atoms with Crippen LogP contribution in [0.5, 0.6) is 0 Å². The van der Waals surface area contributed by atoms with E-state index in [1.165, 1.54) is 0 Å². The Bertz CT molecular complexity index is 419. The Labute approximate surface area is 122 Å². The number of benzene rings is 1. The monoisotopic (exact) mass is 277 g/mol. The fourth-order valence-electron chi connectivity index (χ4n) is 2.31. The molecule has 4 nitrogen and oxygen atoms in total. The van der Waals surface area contributed by atoms with Crippen LogP contribution in [0, 0.1) is 5.92 Å². The molecule has 3 N–H and O–H groups in total. The van der Waals surface area contributed by atoms with Crippen LogP contribution >= 0.6 is 0 Å². The van der Waals surface area contributed by atoms with Crippen LogP contribution in [0.15, 0.2) is 30.3 Å². The Morgan fingerprint density at radius 3 is 2.30 bits per heavy atom. The van der Waals surface area contributed by atoms with Gasteiger partial charge >= 0.3 is 0 Å². The van der Waals surface area contributed by atoms with Crippen LogP contribution in [0.2, 0.25) is 0 Å². The number of carbonyl (C=O) groups is 1. The van der Waals surface area contributed by atoms with Crippen molar-refractivity contribution in [1.82, 2.24) is 10.2 Å². The third kappa shape index (κ3) is 4.05. The summed E-state index contributed by atoms with van der Waals surface area (Å²) in [6, 6.07) is 9.76. The zero-order valence-electron chi connectivity index (χ0n) is 13.2. The number of nitrogens with zero attached hydrogens (tertiary/aromatic N) is 1. The molecule has 0 radical (unpaired) electrons. The van der Waals surface area contributed by atoms with Crippen LogP contribution in [-0.2, 0) is 10.3 Å². The Kier molecular flexibility index (Phi) is 5.72. The first-order chi connectivity index (χ1) is 9.26. The van der Waals surface area contributed by atoms with Crippen molar-refractivity contribution >= 4 is 5.91 Å². The fourth-order valence-corrected chi connectivity index (χ4v) is 2.31. The Morgan fingerprint density at radius 1 is 1.30 bits per heavy atom. The van der Waals surface area contributed by atoms with Crippen molar-refractivity contribution in [3.05, 3.63) is 35.9 Å². The number of nitrogens with two attached hydrogens (primary N) is 1. The molecule has 2 unspecified atom stereocenters. The van der Waals surface area contributed by atoms with E-state index in [9.17, 15) is 4.79 Å². The summed E-state index contributed by atoms with van der Waals surface area (Å²) in [6.07, 6.45) is 0. The first-order valence-electron chi connectivity index (χ1n) is 7.06. The lowest BCUT2D eigenvalue weighted by Crippen LogP contribution is -2.52. The average Bonchev–Trinajstić information content (AvgIpc) is 2.38. The summed E-state index contributed by atoms with van der Waals surface area (Å²) in [5.41, 5.74) is 6.01. The van der Waals surface area contributed by atoms with Crippen molar-refractivity contribution in [2.24, 2.45) is 11.7 Å². The lowest BCUT2D eigenvalue weighted by atomic mass is 9.92. The van der Waals surface area contributed by atoms with E-state index in [1.807, 2.05) is 44.4 Å². The molecule has 4 heteroatoms. The molecule has 0 heterocycles. The summed E-state index contributed by atoms with van der Waals surface area (Å²) in [5.74, 6) is 0.322. The molecule has 1 aromatic rings. The van der Waals surface area contributed by atoms with Crippen molar-refractivity contribution in [2.75, 3.05) is 20.6 Å². The van der Waals surface area contributed by atoms with E-state index in [-0.39, 0.29) is 5.91 Å². The number of hydrogen-bond donors (Lipinski definition) is 2. The summed E-state index contributed by atoms with van der Waals surface area (Å²) in [5, 5.41) is 2.98. The predicted molar refractivity (Wildman–Crippen MR) is 83.3 cm³/mol. The highest BCUT2D eigenvalue weighted by Crippen LogP contribution is 2.17. The molecule has 0 saturated heterocycles. The molecule has 0 aliphatic heterocycles. The van der Waals surface area contributed by atoms with Gasteiger partial charge in [-0.3, -0.25) is 4.79 Å². The smallest absolute Gasteiger partial charge is 0.244 e. The van der Waals surface area contributed by atoms with Crippen LogP contribution in [0.4, 0.5) is 0 Å². The minimum absolute atomic E-state index is 0.142. The van der Waals surface area contributed by atoms with Crippen molar-refractivity contribution in [1.29, 1.82) is 0 Å². The van der Waals surface area contributed by atoms with Gasteiger partial charge in [0.1, 0.15) is 5.54 Å². The molecule has 0 fully saturated rings. The lowest BCUT2D eigenvalue weighted by molar-refractivity contribution is -0.126. The normalized spacial score (nSPS) is 16.0. The summed E-state index contributed by atoms with van der Waals surface area (Å²) < 4.78 is 0. The number of hydrogen-bond acceptors (Lipinski definition) is 3. The van der Waals surface area contributed by atoms with Gasteiger partial charge in [0.05, 0.1) is 0 Å². The van der Waals surface area contributed by atoms with E-state index in [0.717, 1.165) is 5.56 Å². The zero-order valence-corrected chi connectivity index (χ0v) is 13.2. The molecule has 20 heavy (non-hydrogen) atoms. The molecule has 0 bridgehead atoms. The first-order valence-corrected chi connectivity index (χ1v) is 7.06. The molecule has 0 aliphatic rings. The molecule has 1 amide bonds. The number of rotatable bonds is 6. The molecule has 1 rings (SSSR count). The van der Waals surface area contributed by atoms with Crippen LogP contribution in [0.25, 0.3) is 0 Å². The van der Waals surface area contributed by atoms with Gasteiger partial charge in [0, 0.05) is 12.6 Å². The second kappa shape index (κ2) is 6.86. The zero-order chi connectivity index (χ0) is 15.3. The Morgan fingerprint density at radius 2 is 1.85 bits per heavy atom. The second-order valence-corrected chi connectivity index (χ2v) is 6.05. The second-order valence-electron chi connectivity index (χ2n) is 6.05. The SMILES string of the molecule is CC(C)C(CNC(=O)C(C)(N)c1ccccc1)N(C)C. The number of carbonyl (C=O) groups excluding carboxylic acids is 1. The summed E-state index contributed by atoms with van der Waals surface area (Å²) >= 11 is 0. The minimum atomic E-state index is -1.00. The Balaban J connectivity index is 2.71. The van der Waals surface area contributed by atoms with E-state index in [1.54, 1.807) is 6.92 Å². The van der Waals surface area contributed by atoms with Crippen LogP contribution in [-0.4, -0.2) is 37.5 Å². The average molecular weight is 277 g/mol. The summed E-state index contributed by atoms with van der Waals surface area (Å²) in [6.45, 7) is 6.64. The van der Waals surface area contributed by atoms with Gasteiger partial charge in [-0.1, -0.05) is 44.2 Å². The van der Waals surface area contributed by atoms with E-state index in [0.29, 0.717) is 18.5 Å². The lowest BCUT2D eigenvalue weighted by Gasteiger charge is -2.30. The first kappa shape index (κ1) is 16.7. The van der Waals surface area contributed by atoms with E-state index in [2.05, 4.69) is 24.1 Å². The van der Waals surface area contributed by atoms with Crippen LogP contribution in [0.1, 0.15) is 26.3 Å². The standard InChI is InChI=1S/C16H27N3O/c1-12(2)14(19(4)5)11-18-15(20)16(3,17)13-9-7-6-8-10-13/h6-10,12,14H,11,17H2,1-5H3,(H,18,20). The maximum absolute atomic E-state index is 12.4. The van der Waals surface area contributed by atoms with Gasteiger partial charge < -0.3 is 16.0 Å². The quantitative estimate of drug-likeness (QED) is 0.829. The molecule has 0 saturated carbocycles. The molecule has 2 atom stereocenters. The minimum Gasteiger partial charge on any atom is -0.353 e. The maximum atomic E-state index is 12.4. The molecular weight excluding hydrogens is 250 g/mol. The van der Waals surface area contributed by atoms with Gasteiger partial charge in [0.2, 0.25) is 5.91 Å². The van der Waals surface area contributed by atoms with Crippen molar-refractivity contribution < 1.29 is 4.79 Å². The maximum Gasteiger partial charge on any atom is 0.244 e. The van der Waals surface area contributed by atoms with E-state index < -0.39 is 5.54 Å².